The van der Waals surface area contributed by atoms with E-state index in [4.69, 9.17) is 15.2 Å². The molecule has 0 bridgehead atoms. The van der Waals surface area contributed by atoms with Crippen LogP contribution < -0.4 is 10.6 Å². The number of carbonyl (C=O) groups excluding carboxylic acids is 3. The fourth-order valence-corrected chi connectivity index (χ4v) is 4.83. The minimum atomic E-state index is -1.63. The molecule has 0 saturated heterocycles. The number of rotatable bonds is 5. The molecule has 2 heterocycles. The van der Waals surface area contributed by atoms with Gasteiger partial charge in [0.2, 0.25) is 11.8 Å². The zero-order valence-electron chi connectivity index (χ0n) is 18.2. The summed E-state index contributed by atoms with van der Waals surface area (Å²) in [5.41, 5.74) is 6.03. The van der Waals surface area contributed by atoms with Crippen molar-refractivity contribution in [3.63, 3.8) is 0 Å². The van der Waals surface area contributed by atoms with Gasteiger partial charge in [-0.15, -0.1) is 0 Å². The third-order valence-electron chi connectivity index (χ3n) is 6.17. The Labute approximate surface area is 181 Å². The van der Waals surface area contributed by atoms with Crippen molar-refractivity contribution < 1.29 is 23.9 Å². The molecule has 4 rings (SSSR count). The topological polar surface area (TPSA) is 98.9 Å². The van der Waals surface area contributed by atoms with Crippen LogP contribution in [0.15, 0.2) is 47.1 Å². The average Bonchev–Trinajstić information content (AvgIpc) is 2.95. The number of ketones is 1. The van der Waals surface area contributed by atoms with E-state index in [-0.39, 0.29) is 35.3 Å². The molecule has 3 aliphatic rings. The van der Waals surface area contributed by atoms with Crippen LogP contribution in [0.3, 0.4) is 0 Å². The van der Waals surface area contributed by atoms with Crippen LogP contribution in [0.5, 0.6) is 0 Å². The number of nitrogens with zero attached hydrogens (tertiary/aromatic N) is 1. The van der Waals surface area contributed by atoms with Crippen LogP contribution in [0.1, 0.15) is 52.0 Å². The second-order valence-corrected chi connectivity index (χ2v) is 8.54. The van der Waals surface area contributed by atoms with Crippen LogP contribution >= 0.6 is 0 Å². The summed E-state index contributed by atoms with van der Waals surface area (Å²) in [6.07, 6.45) is 2.17. The predicted molar refractivity (Wildman–Crippen MR) is 115 cm³/mol. The van der Waals surface area contributed by atoms with Gasteiger partial charge in [-0.3, -0.25) is 9.59 Å². The third kappa shape index (κ3) is 3.06. The summed E-state index contributed by atoms with van der Waals surface area (Å²) in [6, 6.07) is 7.31. The van der Waals surface area contributed by atoms with Crippen LogP contribution in [-0.4, -0.2) is 30.8 Å². The highest BCUT2D eigenvalue weighted by Crippen LogP contribution is 2.56. The number of para-hydroxylation sites is 1. The first kappa shape index (κ1) is 21.2. The summed E-state index contributed by atoms with van der Waals surface area (Å²) in [6.45, 7) is 6.44. The van der Waals surface area contributed by atoms with Gasteiger partial charge in [-0.25, -0.2) is 4.79 Å². The van der Waals surface area contributed by atoms with Gasteiger partial charge in [0, 0.05) is 30.6 Å². The van der Waals surface area contributed by atoms with Gasteiger partial charge >= 0.3 is 5.97 Å². The summed E-state index contributed by atoms with van der Waals surface area (Å²) in [5, 5.41) is 0. The van der Waals surface area contributed by atoms with E-state index in [1.165, 1.54) is 0 Å². The third-order valence-corrected chi connectivity index (χ3v) is 6.17. The summed E-state index contributed by atoms with van der Waals surface area (Å²) >= 11 is 0. The quantitative estimate of drug-likeness (QED) is 0.730. The van der Waals surface area contributed by atoms with Crippen LogP contribution in [0.25, 0.3) is 0 Å². The molecule has 7 heteroatoms. The second kappa shape index (κ2) is 7.87. The van der Waals surface area contributed by atoms with E-state index < -0.39 is 11.4 Å². The molecule has 2 aliphatic heterocycles. The number of amides is 1. The number of ether oxygens (including phenoxy) is 2. The van der Waals surface area contributed by atoms with Gasteiger partial charge < -0.3 is 20.1 Å². The zero-order valence-corrected chi connectivity index (χ0v) is 18.2. The van der Waals surface area contributed by atoms with Crippen molar-refractivity contribution in [3.05, 3.63) is 52.6 Å². The van der Waals surface area contributed by atoms with E-state index in [2.05, 4.69) is 13.8 Å². The molecule has 0 fully saturated rings. The van der Waals surface area contributed by atoms with E-state index in [9.17, 15) is 14.4 Å². The molecular formula is C24H28N2O5. The largest absolute Gasteiger partial charge is 0.462 e. The first-order valence-corrected chi connectivity index (χ1v) is 10.9. The number of hydrogen-bond acceptors (Lipinski definition) is 6. The Hall–Kier alpha value is -3.09. The lowest BCUT2D eigenvalue weighted by atomic mass is 9.64. The smallest absolute Gasteiger partial charge is 0.341 e. The summed E-state index contributed by atoms with van der Waals surface area (Å²) in [4.78, 5) is 42.2. The lowest BCUT2D eigenvalue weighted by molar-refractivity contribution is -0.141. The van der Waals surface area contributed by atoms with Crippen LogP contribution in [0, 0.1) is 5.92 Å². The fourth-order valence-electron chi connectivity index (χ4n) is 4.83. The highest BCUT2D eigenvalue weighted by molar-refractivity contribution is 6.23. The Kier molecular flexibility index (Phi) is 5.37. The Morgan fingerprint density at radius 2 is 2.00 bits per heavy atom. The Morgan fingerprint density at radius 1 is 1.26 bits per heavy atom. The van der Waals surface area contributed by atoms with Gasteiger partial charge in [0.15, 0.2) is 5.78 Å². The van der Waals surface area contributed by atoms with Crippen molar-refractivity contribution in [1.29, 1.82) is 0 Å². The second-order valence-electron chi connectivity index (χ2n) is 8.54. The highest BCUT2D eigenvalue weighted by Gasteiger charge is 2.63. The first-order valence-electron chi connectivity index (χ1n) is 10.9. The minimum Gasteiger partial charge on any atom is -0.462 e. The van der Waals surface area contributed by atoms with E-state index >= 15 is 0 Å². The number of anilines is 1. The number of Topliss-reactive ketones (excluding diaryl/α,β-unsaturated/α-hetero) is 1. The van der Waals surface area contributed by atoms with Crippen LogP contribution in [0.4, 0.5) is 5.69 Å². The van der Waals surface area contributed by atoms with Crippen LogP contribution in [0.2, 0.25) is 0 Å². The molecule has 1 aromatic carbocycles. The molecule has 1 aromatic rings. The predicted octanol–water partition coefficient (Wildman–Crippen LogP) is 3.09. The zero-order chi connectivity index (χ0) is 22.3. The van der Waals surface area contributed by atoms with Gasteiger partial charge in [-0.05, 0) is 31.7 Å². The lowest BCUT2D eigenvalue weighted by Gasteiger charge is -2.38. The summed E-state index contributed by atoms with van der Waals surface area (Å²) < 4.78 is 11.1. The van der Waals surface area contributed by atoms with E-state index in [1.54, 1.807) is 17.9 Å². The maximum absolute atomic E-state index is 14.2. The van der Waals surface area contributed by atoms with E-state index in [0.29, 0.717) is 48.7 Å². The Morgan fingerprint density at radius 3 is 2.71 bits per heavy atom. The summed E-state index contributed by atoms with van der Waals surface area (Å²) in [7, 11) is 0. The van der Waals surface area contributed by atoms with Crippen molar-refractivity contribution >= 4 is 23.3 Å². The molecule has 7 nitrogen and oxygen atoms in total. The van der Waals surface area contributed by atoms with Gasteiger partial charge in [0.25, 0.3) is 0 Å². The number of hydrogen-bond donors (Lipinski definition) is 1. The first-order chi connectivity index (χ1) is 14.8. The molecule has 164 valence electrons. The molecule has 0 unspecified atom stereocenters. The maximum Gasteiger partial charge on any atom is 0.341 e. The molecule has 31 heavy (non-hydrogen) atoms. The molecule has 1 amide bonds. The molecule has 1 atom stereocenters. The molecule has 2 N–H and O–H groups in total. The van der Waals surface area contributed by atoms with Gasteiger partial charge in [-0.1, -0.05) is 32.0 Å². The number of allylic oxidation sites excluding steroid dienone is 1. The standard InChI is InChI=1S/C24H28N2O5/c1-4-30-22(28)20-21(25)31-18-11-7-10-17(27)19(18)24(20)15-8-5-6-9-16(15)26(23(24)29)13-12-14(2)3/h5-6,8-9,14H,4,7,10-13,25H2,1-3H3/t24-/m0/s1. The number of esters is 1. The number of nitrogens with two attached hydrogens (primary N) is 1. The Bertz CT molecular complexity index is 1020. The number of carbonyl (C=O) groups is 3. The molecule has 0 saturated carbocycles. The summed E-state index contributed by atoms with van der Waals surface area (Å²) in [5.74, 6) is -0.673. The van der Waals surface area contributed by atoms with E-state index in [1.807, 2.05) is 18.2 Å². The highest BCUT2D eigenvalue weighted by atomic mass is 16.5. The Balaban J connectivity index is 2.01. The fraction of sp³-hybridized carbons (Fsp3) is 0.458. The van der Waals surface area contributed by atoms with E-state index in [0.717, 1.165) is 6.42 Å². The number of fused-ring (bicyclic) bond motifs is 3. The van der Waals surface area contributed by atoms with Crippen molar-refractivity contribution in [2.24, 2.45) is 11.7 Å². The maximum atomic E-state index is 14.2. The van der Waals surface area contributed by atoms with Crippen molar-refractivity contribution in [2.75, 3.05) is 18.1 Å². The molecule has 0 radical (unpaired) electrons. The lowest BCUT2D eigenvalue weighted by Crippen LogP contribution is -2.51. The molecule has 1 aliphatic carbocycles. The normalized spacial score (nSPS) is 22.8. The SMILES string of the molecule is CCOC(=O)C1=C(N)OC2=C(C(=O)CCC2)[C@]12C(=O)N(CCC(C)C)c1ccccc12. The van der Waals surface area contributed by atoms with Crippen molar-refractivity contribution in [1.82, 2.24) is 0 Å². The van der Waals surface area contributed by atoms with Crippen molar-refractivity contribution in [3.8, 4) is 0 Å². The van der Waals surface area contributed by atoms with Gasteiger partial charge in [0.05, 0.1) is 12.2 Å². The van der Waals surface area contributed by atoms with Crippen LogP contribution in [-0.2, 0) is 29.3 Å². The van der Waals surface area contributed by atoms with Crippen molar-refractivity contribution in [2.45, 2.75) is 51.9 Å². The number of benzene rings is 1. The minimum absolute atomic E-state index is 0.0900. The monoisotopic (exact) mass is 424 g/mol. The molecule has 1 spiro atoms. The molecular weight excluding hydrogens is 396 g/mol. The van der Waals surface area contributed by atoms with Gasteiger partial charge in [-0.2, -0.15) is 0 Å². The van der Waals surface area contributed by atoms with Gasteiger partial charge in [0.1, 0.15) is 16.7 Å². The average molecular weight is 424 g/mol. The molecule has 0 aromatic heterocycles.